The molecule has 2 saturated carbocycles. The van der Waals surface area contributed by atoms with E-state index in [2.05, 4.69) is 21.4 Å². The van der Waals surface area contributed by atoms with Crippen molar-refractivity contribution >= 4 is 23.0 Å². The summed E-state index contributed by atoms with van der Waals surface area (Å²) in [6.45, 7) is 0. The molecule has 1 aromatic carbocycles. The maximum absolute atomic E-state index is 12.8. The normalized spacial score (nSPS) is 25.1. The fourth-order valence-electron chi connectivity index (χ4n) is 4.42. The summed E-state index contributed by atoms with van der Waals surface area (Å²) in [5.41, 5.74) is 4.24. The molecule has 1 saturated heterocycles. The molecule has 2 atom stereocenters. The second kappa shape index (κ2) is 6.89. The minimum absolute atomic E-state index is 0.0632. The quantitative estimate of drug-likeness (QED) is 0.756. The van der Waals surface area contributed by atoms with E-state index in [9.17, 15) is 18.0 Å². The molecular formula is C22H24F3N3O. The molecule has 1 aromatic heterocycles. The average molecular weight is 403 g/mol. The highest BCUT2D eigenvalue weighted by molar-refractivity contribution is 5.81. The Hall–Kier alpha value is -2.31. The van der Waals surface area contributed by atoms with Gasteiger partial charge in [0.1, 0.15) is 11.9 Å². The zero-order valence-corrected chi connectivity index (χ0v) is 16.1. The highest BCUT2D eigenvalue weighted by atomic mass is 19.4. The van der Waals surface area contributed by atoms with E-state index >= 15 is 0 Å². The minimum Gasteiger partial charge on any atom is -0.344 e. The number of carbonyl (C=O) groups excluding carboxylic acids is 1. The van der Waals surface area contributed by atoms with E-state index in [1.165, 1.54) is 31.3 Å². The Labute approximate surface area is 167 Å². The number of allylic oxidation sites excluding steroid dienone is 1. The van der Waals surface area contributed by atoms with Crippen LogP contribution in [0.15, 0.2) is 23.8 Å². The number of aromatic nitrogens is 2. The van der Waals surface area contributed by atoms with E-state index in [0.717, 1.165) is 34.3 Å². The first kappa shape index (κ1) is 18.7. The van der Waals surface area contributed by atoms with Gasteiger partial charge in [-0.05, 0) is 80.6 Å². The van der Waals surface area contributed by atoms with Gasteiger partial charge in [0.15, 0.2) is 0 Å². The van der Waals surface area contributed by atoms with E-state index in [-0.39, 0.29) is 12.8 Å². The van der Waals surface area contributed by atoms with E-state index in [1.54, 1.807) is 0 Å². The Morgan fingerprint density at radius 3 is 2.45 bits per heavy atom. The van der Waals surface area contributed by atoms with Crippen LogP contribution in [0.5, 0.6) is 0 Å². The van der Waals surface area contributed by atoms with Crippen molar-refractivity contribution < 1.29 is 18.0 Å². The van der Waals surface area contributed by atoms with E-state index in [4.69, 9.17) is 0 Å². The van der Waals surface area contributed by atoms with Crippen LogP contribution in [0.25, 0.3) is 17.1 Å². The van der Waals surface area contributed by atoms with Crippen LogP contribution in [-0.2, 0) is 11.2 Å². The molecule has 2 N–H and O–H groups in total. The molecule has 5 rings (SSSR count). The van der Waals surface area contributed by atoms with Gasteiger partial charge in [-0.3, -0.25) is 4.79 Å². The molecule has 29 heavy (non-hydrogen) atoms. The number of piperidine rings is 1. The molecule has 2 aromatic rings. The number of carbonyl (C=O) groups is 1. The summed E-state index contributed by atoms with van der Waals surface area (Å²) >= 11 is 0. The van der Waals surface area contributed by atoms with Gasteiger partial charge in [0.2, 0.25) is 5.91 Å². The zero-order valence-electron chi connectivity index (χ0n) is 16.1. The Morgan fingerprint density at radius 2 is 1.83 bits per heavy atom. The summed E-state index contributed by atoms with van der Waals surface area (Å²) in [4.78, 5) is 20.2. The van der Waals surface area contributed by atoms with Gasteiger partial charge in [0.05, 0.1) is 11.0 Å². The van der Waals surface area contributed by atoms with Gasteiger partial charge in [-0.2, -0.15) is 13.2 Å². The Balaban J connectivity index is 1.30. The lowest BCUT2D eigenvalue weighted by Crippen LogP contribution is -2.51. The van der Waals surface area contributed by atoms with Crippen LogP contribution in [-0.4, -0.2) is 28.1 Å². The molecule has 2 aliphatic carbocycles. The van der Waals surface area contributed by atoms with Gasteiger partial charge in [-0.15, -0.1) is 0 Å². The first-order valence-electron chi connectivity index (χ1n) is 10.4. The molecule has 3 fully saturated rings. The Bertz CT molecular complexity index is 955. The Morgan fingerprint density at radius 1 is 1.10 bits per heavy atom. The number of amides is 1. The molecule has 4 nitrogen and oxygen atoms in total. The monoisotopic (exact) mass is 403 g/mol. The molecule has 2 heterocycles. The fraction of sp³-hybridized carbons (Fsp3) is 0.545. The van der Waals surface area contributed by atoms with Crippen LogP contribution in [0.4, 0.5) is 13.2 Å². The molecule has 7 heteroatoms. The number of benzene rings is 1. The Kier molecular flexibility index (Phi) is 4.44. The lowest BCUT2D eigenvalue weighted by molar-refractivity contribution is -0.169. The maximum atomic E-state index is 12.8. The second-order valence-corrected chi connectivity index (χ2v) is 8.75. The highest BCUT2D eigenvalue weighted by Crippen LogP contribution is 2.49. The molecule has 0 radical (unpaired) electrons. The summed E-state index contributed by atoms with van der Waals surface area (Å²) in [6, 6.07) is 4.09. The SMILES string of the molecule is O=C1NC(C(F)(F)F)CCC1Cc1ccc2nc(C=C(C3CC3)C3CC3)[nH]c2c1. The van der Waals surface area contributed by atoms with Crippen molar-refractivity contribution in [2.75, 3.05) is 0 Å². The number of aromatic amines is 1. The van der Waals surface area contributed by atoms with Gasteiger partial charge < -0.3 is 10.3 Å². The predicted octanol–water partition coefficient (Wildman–Crippen LogP) is 4.77. The summed E-state index contributed by atoms with van der Waals surface area (Å²) in [6.07, 6.45) is 3.59. The van der Waals surface area contributed by atoms with E-state index < -0.39 is 24.0 Å². The number of nitrogens with one attached hydrogen (secondary N) is 2. The van der Waals surface area contributed by atoms with Crippen molar-refractivity contribution in [3.05, 3.63) is 35.2 Å². The van der Waals surface area contributed by atoms with Crippen LogP contribution in [0.3, 0.4) is 0 Å². The zero-order chi connectivity index (χ0) is 20.2. The third kappa shape index (κ3) is 4.05. The third-order valence-electron chi connectivity index (χ3n) is 6.33. The van der Waals surface area contributed by atoms with Crippen molar-refractivity contribution in [2.45, 2.75) is 57.2 Å². The van der Waals surface area contributed by atoms with Crippen LogP contribution < -0.4 is 5.32 Å². The first-order chi connectivity index (χ1) is 13.9. The number of hydrogen-bond acceptors (Lipinski definition) is 2. The molecule has 1 aliphatic heterocycles. The van der Waals surface area contributed by atoms with Crippen LogP contribution >= 0.6 is 0 Å². The average Bonchev–Trinajstić information content (AvgIpc) is 3.58. The molecular weight excluding hydrogens is 379 g/mol. The van der Waals surface area contributed by atoms with Gasteiger partial charge in [0, 0.05) is 5.92 Å². The lowest BCUT2D eigenvalue weighted by atomic mass is 9.88. The number of halogens is 3. The number of H-pyrrole nitrogens is 1. The molecule has 0 spiro atoms. The van der Waals surface area contributed by atoms with Crippen molar-refractivity contribution in [3.8, 4) is 0 Å². The minimum atomic E-state index is -4.38. The van der Waals surface area contributed by atoms with Crippen molar-refractivity contribution in [1.29, 1.82) is 0 Å². The van der Waals surface area contributed by atoms with Crippen LogP contribution in [0, 0.1) is 17.8 Å². The van der Waals surface area contributed by atoms with Gasteiger partial charge in [-0.25, -0.2) is 4.98 Å². The number of hydrogen-bond donors (Lipinski definition) is 2. The summed E-state index contributed by atoms with van der Waals surface area (Å²) < 4.78 is 38.4. The highest BCUT2D eigenvalue weighted by Gasteiger charge is 2.44. The lowest BCUT2D eigenvalue weighted by Gasteiger charge is -2.30. The molecule has 1 amide bonds. The van der Waals surface area contributed by atoms with Crippen molar-refractivity contribution in [3.63, 3.8) is 0 Å². The summed E-state index contributed by atoms with van der Waals surface area (Å²) in [7, 11) is 0. The molecule has 154 valence electrons. The number of nitrogens with zero attached hydrogens (tertiary/aromatic N) is 1. The van der Waals surface area contributed by atoms with E-state index in [1.807, 2.05) is 18.2 Å². The maximum Gasteiger partial charge on any atom is 0.408 e. The summed E-state index contributed by atoms with van der Waals surface area (Å²) in [5, 5.41) is 2.13. The van der Waals surface area contributed by atoms with E-state index in [0.29, 0.717) is 6.42 Å². The van der Waals surface area contributed by atoms with Gasteiger partial charge in [0.25, 0.3) is 0 Å². The van der Waals surface area contributed by atoms with Crippen LogP contribution in [0.1, 0.15) is 49.9 Å². The molecule has 0 bridgehead atoms. The first-order valence-corrected chi connectivity index (χ1v) is 10.4. The van der Waals surface area contributed by atoms with Crippen molar-refractivity contribution in [1.82, 2.24) is 15.3 Å². The number of alkyl halides is 3. The van der Waals surface area contributed by atoms with Crippen LogP contribution in [0.2, 0.25) is 0 Å². The number of fused-ring (bicyclic) bond motifs is 1. The number of rotatable bonds is 5. The second-order valence-electron chi connectivity index (χ2n) is 8.75. The molecule has 3 aliphatic rings. The predicted molar refractivity (Wildman–Crippen MR) is 104 cm³/mol. The summed E-state index contributed by atoms with van der Waals surface area (Å²) in [5.74, 6) is 1.40. The smallest absolute Gasteiger partial charge is 0.344 e. The van der Waals surface area contributed by atoms with Gasteiger partial charge in [-0.1, -0.05) is 11.6 Å². The fourth-order valence-corrected chi connectivity index (χ4v) is 4.42. The third-order valence-corrected chi connectivity index (χ3v) is 6.33. The molecule has 2 unspecified atom stereocenters. The standard InChI is InChI=1S/C22H24F3N3O/c23-22(24,25)19-8-6-15(21(29)28-19)9-12-1-7-17-18(10-12)27-20(26-17)11-16(13-2-3-13)14-4-5-14/h1,7,10-11,13-15,19H,2-6,8-9H2,(H,26,27)(H,28,29). The number of imidazole rings is 1. The topological polar surface area (TPSA) is 57.8 Å². The van der Waals surface area contributed by atoms with Crippen molar-refractivity contribution in [2.24, 2.45) is 17.8 Å². The van der Waals surface area contributed by atoms with Gasteiger partial charge >= 0.3 is 6.18 Å². The largest absolute Gasteiger partial charge is 0.408 e.